The van der Waals surface area contributed by atoms with Crippen LogP contribution in [0.5, 0.6) is 0 Å². The minimum absolute atomic E-state index is 0.574. The highest BCUT2D eigenvalue weighted by Gasteiger charge is 2.07. The second kappa shape index (κ2) is 8.74. The van der Waals surface area contributed by atoms with E-state index in [2.05, 4.69) is 34.7 Å². The number of halogens is 2. The predicted molar refractivity (Wildman–Crippen MR) is 76.0 cm³/mol. The lowest BCUT2D eigenvalue weighted by Crippen LogP contribution is -2.24. The van der Waals surface area contributed by atoms with Gasteiger partial charge in [0.25, 0.3) is 0 Å². The molecule has 0 radical (unpaired) electrons. The summed E-state index contributed by atoms with van der Waals surface area (Å²) in [7, 11) is 0. The van der Waals surface area contributed by atoms with E-state index in [1.807, 2.05) is 0 Å². The third kappa shape index (κ3) is 6.04. The SMILES string of the molecule is CC(C)CNCCn1nnnc1SCC(Cl)=CCl. The van der Waals surface area contributed by atoms with Crippen molar-refractivity contribution in [3.8, 4) is 0 Å². The Morgan fingerprint density at radius 3 is 3.00 bits per heavy atom. The first-order chi connectivity index (χ1) is 8.63. The summed E-state index contributed by atoms with van der Waals surface area (Å²) < 4.78 is 1.76. The molecule has 5 nitrogen and oxygen atoms in total. The van der Waals surface area contributed by atoms with E-state index in [9.17, 15) is 0 Å². The summed E-state index contributed by atoms with van der Waals surface area (Å²) in [6.07, 6.45) is 0. The molecule has 0 amide bonds. The Labute approximate surface area is 121 Å². The van der Waals surface area contributed by atoms with Crippen molar-refractivity contribution in [3.63, 3.8) is 0 Å². The van der Waals surface area contributed by atoms with E-state index in [1.165, 1.54) is 17.3 Å². The van der Waals surface area contributed by atoms with Gasteiger partial charge in [0.15, 0.2) is 0 Å². The monoisotopic (exact) mass is 309 g/mol. The molecule has 0 bridgehead atoms. The highest BCUT2D eigenvalue weighted by atomic mass is 35.5. The van der Waals surface area contributed by atoms with E-state index in [1.54, 1.807) is 4.68 Å². The van der Waals surface area contributed by atoms with Crippen LogP contribution in [0.1, 0.15) is 13.8 Å². The third-order valence-electron chi connectivity index (χ3n) is 2.01. The van der Waals surface area contributed by atoms with Gasteiger partial charge in [-0.2, -0.15) is 0 Å². The molecule has 102 valence electrons. The van der Waals surface area contributed by atoms with Crippen molar-refractivity contribution in [1.82, 2.24) is 25.5 Å². The van der Waals surface area contributed by atoms with Crippen molar-refractivity contribution in [3.05, 3.63) is 10.6 Å². The average Bonchev–Trinajstić information content (AvgIpc) is 2.79. The Hall–Kier alpha value is -0.300. The minimum Gasteiger partial charge on any atom is -0.315 e. The van der Waals surface area contributed by atoms with Crippen LogP contribution in [0, 0.1) is 5.92 Å². The summed E-state index contributed by atoms with van der Waals surface area (Å²) in [5.74, 6) is 1.21. The van der Waals surface area contributed by atoms with E-state index < -0.39 is 0 Å². The molecule has 0 saturated heterocycles. The van der Waals surface area contributed by atoms with Crippen molar-refractivity contribution in [1.29, 1.82) is 0 Å². The van der Waals surface area contributed by atoms with Gasteiger partial charge in [-0.25, -0.2) is 4.68 Å². The molecular weight excluding hydrogens is 293 g/mol. The maximum absolute atomic E-state index is 5.81. The quantitative estimate of drug-likeness (QED) is 0.590. The van der Waals surface area contributed by atoms with Gasteiger partial charge in [-0.15, -0.1) is 5.10 Å². The van der Waals surface area contributed by atoms with Gasteiger partial charge < -0.3 is 5.32 Å². The summed E-state index contributed by atoms with van der Waals surface area (Å²) in [6.45, 7) is 6.92. The average molecular weight is 310 g/mol. The van der Waals surface area contributed by atoms with Crippen molar-refractivity contribution in [2.45, 2.75) is 25.5 Å². The summed E-state index contributed by atoms with van der Waals surface area (Å²) in [4.78, 5) is 0. The van der Waals surface area contributed by atoms with Crippen LogP contribution in [0.2, 0.25) is 0 Å². The molecule has 0 aliphatic rings. The topological polar surface area (TPSA) is 55.6 Å². The van der Waals surface area contributed by atoms with Crippen LogP contribution in [0.3, 0.4) is 0 Å². The zero-order valence-corrected chi connectivity index (χ0v) is 12.8. The lowest BCUT2D eigenvalue weighted by Gasteiger charge is -2.07. The van der Waals surface area contributed by atoms with Crippen molar-refractivity contribution < 1.29 is 0 Å². The van der Waals surface area contributed by atoms with Crippen LogP contribution in [0.4, 0.5) is 0 Å². The Morgan fingerprint density at radius 1 is 1.56 bits per heavy atom. The summed E-state index contributed by atoms with van der Waals surface area (Å²) in [6, 6.07) is 0. The van der Waals surface area contributed by atoms with Crippen LogP contribution >= 0.6 is 35.0 Å². The van der Waals surface area contributed by atoms with Crippen molar-refractivity contribution >= 4 is 35.0 Å². The zero-order chi connectivity index (χ0) is 13.4. The number of thioether (sulfide) groups is 1. The molecule has 0 saturated carbocycles. The number of tetrazole rings is 1. The Kier molecular flexibility index (Phi) is 7.65. The van der Waals surface area contributed by atoms with Gasteiger partial charge in [-0.1, -0.05) is 48.8 Å². The van der Waals surface area contributed by atoms with E-state index in [0.29, 0.717) is 16.7 Å². The number of nitrogens with zero attached hydrogens (tertiary/aromatic N) is 4. The smallest absolute Gasteiger partial charge is 0.209 e. The second-order valence-electron chi connectivity index (χ2n) is 4.13. The van der Waals surface area contributed by atoms with Gasteiger partial charge >= 0.3 is 0 Å². The first-order valence-electron chi connectivity index (χ1n) is 5.68. The van der Waals surface area contributed by atoms with E-state index in [4.69, 9.17) is 23.2 Å². The van der Waals surface area contributed by atoms with E-state index >= 15 is 0 Å². The molecule has 1 aromatic heterocycles. The Bertz CT molecular complexity index is 380. The lowest BCUT2D eigenvalue weighted by molar-refractivity contribution is 0.482. The number of nitrogens with one attached hydrogen (secondary N) is 1. The molecule has 0 aliphatic carbocycles. The number of rotatable bonds is 8. The number of hydrogen-bond acceptors (Lipinski definition) is 5. The molecular formula is C10H17Cl2N5S. The van der Waals surface area contributed by atoms with Crippen LogP contribution in [-0.2, 0) is 6.54 Å². The van der Waals surface area contributed by atoms with Gasteiger partial charge in [0, 0.05) is 22.9 Å². The predicted octanol–water partition coefficient (Wildman–Crippen LogP) is 2.33. The second-order valence-corrected chi connectivity index (χ2v) is 5.77. The fourth-order valence-electron chi connectivity index (χ4n) is 1.18. The molecule has 18 heavy (non-hydrogen) atoms. The first-order valence-corrected chi connectivity index (χ1v) is 7.48. The molecule has 1 rings (SSSR count). The molecule has 1 N–H and O–H groups in total. The number of hydrogen-bond donors (Lipinski definition) is 1. The fourth-order valence-corrected chi connectivity index (χ4v) is 2.23. The minimum atomic E-state index is 0.574. The van der Waals surface area contributed by atoms with Crippen LogP contribution in [0.25, 0.3) is 0 Å². The molecule has 0 atom stereocenters. The Morgan fingerprint density at radius 2 is 2.33 bits per heavy atom. The molecule has 8 heteroatoms. The maximum Gasteiger partial charge on any atom is 0.209 e. The molecule has 0 fully saturated rings. The molecule has 1 aromatic rings. The molecule has 0 unspecified atom stereocenters. The molecule has 0 aromatic carbocycles. The van der Waals surface area contributed by atoms with Gasteiger partial charge in [0.05, 0.1) is 6.54 Å². The standard InChI is InChI=1S/C10H17Cl2N5S/c1-8(2)6-13-3-4-17-10(14-15-16-17)18-7-9(12)5-11/h5,8,13H,3-4,6-7H2,1-2H3. The van der Waals surface area contributed by atoms with Gasteiger partial charge in [0.1, 0.15) is 0 Å². The highest BCUT2D eigenvalue weighted by Crippen LogP contribution is 2.19. The van der Waals surface area contributed by atoms with E-state index in [0.717, 1.165) is 24.8 Å². The van der Waals surface area contributed by atoms with Gasteiger partial charge in [0.2, 0.25) is 5.16 Å². The van der Waals surface area contributed by atoms with Crippen LogP contribution < -0.4 is 5.32 Å². The first kappa shape index (κ1) is 15.8. The van der Waals surface area contributed by atoms with Crippen LogP contribution in [-0.4, -0.2) is 39.0 Å². The summed E-state index contributed by atoms with van der Waals surface area (Å²) in [5.41, 5.74) is 1.35. The largest absolute Gasteiger partial charge is 0.315 e. The Balaban J connectivity index is 2.35. The van der Waals surface area contributed by atoms with Crippen LogP contribution in [0.15, 0.2) is 15.7 Å². The van der Waals surface area contributed by atoms with E-state index in [-0.39, 0.29) is 0 Å². The van der Waals surface area contributed by atoms with Crippen molar-refractivity contribution in [2.75, 3.05) is 18.8 Å². The normalized spacial score (nSPS) is 12.4. The highest BCUT2D eigenvalue weighted by molar-refractivity contribution is 7.99. The summed E-state index contributed by atoms with van der Waals surface area (Å²) >= 11 is 12.8. The fraction of sp³-hybridized carbons (Fsp3) is 0.700. The number of aromatic nitrogens is 4. The summed E-state index contributed by atoms with van der Waals surface area (Å²) in [5, 5.41) is 16.2. The molecule has 0 spiro atoms. The zero-order valence-electron chi connectivity index (χ0n) is 10.4. The molecule has 0 aliphatic heterocycles. The van der Waals surface area contributed by atoms with Gasteiger partial charge in [-0.05, 0) is 22.9 Å². The van der Waals surface area contributed by atoms with Gasteiger partial charge in [-0.3, -0.25) is 0 Å². The molecule has 1 heterocycles. The third-order valence-corrected chi connectivity index (χ3v) is 3.79. The lowest BCUT2D eigenvalue weighted by atomic mass is 10.2. The maximum atomic E-state index is 5.81. The van der Waals surface area contributed by atoms with Crippen molar-refractivity contribution in [2.24, 2.45) is 5.92 Å².